The topological polar surface area (TPSA) is 65.9 Å². The van der Waals surface area contributed by atoms with Crippen LogP contribution in [-0.2, 0) is 9.53 Å². The van der Waals surface area contributed by atoms with E-state index in [0.29, 0.717) is 12.8 Å². The quantitative estimate of drug-likeness (QED) is 0.821. The van der Waals surface area contributed by atoms with E-state index in [1.54, 1.807) is 0 Å². The summed E-state index contributed by atoms with van der Waals surface area (Å²) in [6, 6.07) is 6.00. The van der Waals surface area contributed by atoms with Crippen LogP contribution in [0.3, 0.4) is 0 Å². The predicted octanol–water partition coefficient (Wildman–Crippen LogP) is 0.516. The van der Waals surface area contributed by atoms with E-state index >= 15 is 0 Å². The van der Waals surface area contributed by atoms with Crippen LogP contribution in [0.2, 0.25) is 0 Å². The lowest BCUT2D eigenvalue weighted by Crippen LogP contribution is -2.52. The van der Waals surface area contributed by atoms with Crippen molar-refractivity contribution in [3.8, 4) is 0 Å². The van der Waals surface area contributed by atoms with Crippen LogP contribution in [0, 0.1) is 5.92 Å². The molecule has 0 radical (unpaired) electrons. The highest BCUT2D eigenvalue weighted by atomic mass is 16.5. The van der Waals surface area contributed by atoms with E-state index in [1.165, 1.54) is 7.11 Å². The van der Waals surface area contributed by atoms with Gasteiger partial charge < -0.3 is 14.7 Å². The van der Waals surface area contributed by atoms with E-state index in [1.807, 2.05) is 24.4 Å². The minimum atomic E-state index is -0.439. The number of anilines is 1. The fourth-order valence-electron chi connectivity index (χ4n) is 3.57. The van der Waals surface area contributed by atoms with Crippen molar-refractivity contribution in [3.63, 3.8) is 0 Å². The Balaban J connectivity index is 1.56. The maximum atomic E-state index is 11.7. The van der Waals surface area contributed by atoms with Crippen molar-refractivity contribution in [2.45, 2.75) is 25.0 Å². The van der Waals surface area contributed by atoms with Gasteiger partial charge in [-0.2, -0.15) is 0 Å². The van der Waals surface area contributed by atoms with Gasteiger partial charge in [-0.05, 0) is 25.0 Å². The number of hydrogen-bond acceptors (Lipinski definition) is 6. The first-order chi connectivity index (χ1) is 10.7. The second kappa shape index (κ2) is 6.62. The summed E-state index contributed by atoms with van der Waals surface area (Å²) in [4.78, 5) is 20.6. The molecule has 6 nitrogen and oxygen atoms in total. The van der Waals surface area contributed by atoms with Gasteiger partial charge >= 0.3 is 5.97 Å². The molecule has 1 saturated carbocycles. The summed E-state index contributed by atoms with van der Waals surface area (Å²) in [5.74, 6) is 0.633. The molecule has 2 aliphatic rings. The Morgan fingerprint density at radius 3 is 2.68 bits per heavy atom. The van der Waals surface area contributed by atoms with Crippen LogP contribution in [0.15, 0.2) is 24.4 Å². The number of piperazine rings is 1. The van der Waals surface area contributed by atoms with E-state index in [2.05, 4.69) is 14.8 Å². The molecule has 1 aliphatic heterocycles. The monoisotopic (exact) mass is 305 g/mol. The summed E-state index contributed by atoms with van der Waals surface area (Å²) in [5, 5.41) is 10.3. The molecule has 1 aromatic heterocycles. The van der Waals surface area contributed by atoms with Gasteiger partial charge in [-0.15, -0.1) is 0 Å². The first kappa shape index (κ1) is 15.2. The molecule has 1 N–H and O–H groups in total. The minimum absolute atomic E-state index is 0.0648. The number of methoxy groups -OCH3 is 1. The third-order valence-corrected chi connectivity index (χ3v) is 4.79. The third kappa shape index (κ3) is 3.08. The number of rotatable bonds is 3. The SMILES string of the molecule is COC(=O)C1CC(O)C(N2CCN(c3ccccn3)CC2)C1. The number of carbonyl (C=O) groups excluding carboxylic acids is 1. The molecule has 0 aromatic carbocycles. The Morgan fingerprint density at radius 2 is 2.05 bits per heavy atom. The molecule has 3 rings (SSSR count). The summed E-state index contributed by atoms with van der Waals surface area (Å²) >= 11 is 0. The summed E-state index contributed by atoms with van der Waals surface area (Å²) in [6.07, 6.45) is 2.57. The zero-order chi connectivity index (χ0) is 15.5. The van der Waals surface area contributed by atoms with E-state index in [4.69, 9.17) is 4.74 Å². The fourth-order valence-corrected chi connectivity index (χ4v) is 3.57. The van der Waals surface area contributed by atoms with Crippen molar-refractivity contribution in [2.24, 2.45) is 5.92 Å². The Bertz CT molecular complexity index is 503. The molecule has 120 valence electrons. The zero-order valence-electron chi connectivity index (χ0n) is 12.9. The van der Waals surface area contributed by atoms with Crippen molar-refractivity contribution >= 4 is 11.8 Å². The van der Waals surface area contributed by atoms with Gasteiger partial charge in [0.2, 0.25) is 0 Å². The standard InChI is InChI=1S/C16H23N3O3/c1-22-16(21)12-10-13(14(20)11-12)18-6-8-19(9-7-18)15-4-2-3-5-17-15/h2-5,12-14,20H,6-11H2,1H3. The molecule has 22 heavy (non-hydrogen) atoms. The maximum Gasteiger partial charge on any atom is 0.308 e. The molecule has 1 aromatic rings. The highest BCUT2D eigenvalue weighted by Gasteiger charge is 2.41. The maximum absolute atomic E-state index is 11.7. The number of nitrogens with zero attached hydrogens (tertiary/aromatic N) is 3. The van der Waals surface area contributed by atoms with Crippen LogP contribution < -0.4 is 4.90 Å². The van der Waals surface area contributed by atoms with Gasteiger partial charge in [-0.25, -0.2) is 4.98 Å². The number of hydrogen-bond donors (Lipinski definition) is 1. The number of esters is 1. The lowest BCUT2D eigenvalue weighted by atomic mass is 10.1. The van der Waals surface area contributed by atoms with Gasteiger partial charge in [0.25, 0.3) is 0 Å². The highest BCUT2D eigenvalue weighted by molar-refractivity contribution is 5.72. The average molecular weight is 305 g/mol. The van der Waals surface area contributed by atoms with E-state index in [9.17, 15) is 9.90 Å². The number of aliphatic hydroxyl groups excluding tert-OH is 1. The second-order valence-electron chi connectivity index (χ2n) is 6.04. The summed E-state index contributed by atoms with van der Waals surface area (Å²) < 4.78 is 4.81. The van der Waals surface area contributed by atoms with E-state index in [0.717, 1.165) is 32.0 Å². The molecule has 6 heteroatoms. The fraction of sp³-hybridized carbons (Fsp3) is 0.625. The van der Waals surface area contributed by atoms with Crippen molar-refractivity contribution < 1.29 is 14.6 Å². The Kier molecular flexibility index (Phi) is 4.59. The molecule has 1 aliphatic carbocycles. The number of carbonyl (C=O) groups is 1. The van der Waals surface area contributed by atoms with Crippen LogP contribution in [0.1, 0.15) is 12.8 Å². The van der Waals surface area contributed by atoms with E-state index in [-0.39, 0.29) is 17.9 Å². The zero-order valence-corrected chi connectivity index (χ0v) is 12.9. The molecule has 0 bridgehead atoms. The first-order valence-corrected chi connectivity index (χ1v) is 7.85. The van der Waals surface area contributed by atoms with Gasteiger partial charge in [0.05, 0.1) is 19.1 Å². The molecule has 3 unspecified atom stereocenters. The number of aromatic nitrogens is 1. The molecule has 0 amide bonds. The second-order valence-corrected chi connectivity index (χ2v) is 6.04. The van der Waals surface area contributed by atoms with E-state index < -0.39 is 6.10 Å². The van der Waals surface area contributed by atoms with Crippen LogP contribution in [0.4, 0.5) is 5.82 Å². The Labute approximate surface area is 130 Å². The van der Waals surface area contributed by atoms with Crippen molar-refractivity contribution in [1.29, 1.82) is 0 Å². The third-order valence-electron chi connectivity index (χ3n) is 4.79. The molecular weight excluding hydrogens is 282 g/mol. The summed E-state index contributed by atoms with van der Waals surface area (Å²) in [5.41, 5.74) is 0. The largest absolute Gasteiger partial charge is 0.469 e. The molecule has 2 fully saturated rings. The van der Waals surface area contributed by atoms with Gasteiger partial charge in [-0.3, -0.25) is 9.69 Å². The Hall–Kier alpha value is -1.66. The highest BCUT2D eigenvalue weighted by Crippen LogP contribution is 2.31. The van der Waals surface area contributed by atoms with Crippen LogP contribution >= 0.6 is 0 Å². The number of pyridine rings is 1. The lowest BCUT2D eigenvalue weighted by molar-refractivity contribution is -0.145. The lowest BCUT2D eigenvalue weighted by Gasteiger charge is -2.39. The van der Waals surface area contributed by atoms with Crippen molar-refractivity contribution in [1.82, 2.24) is 9.88 Å². The van der Waals surface area contributed by atoms with Crippen molar-refractivity contribution in [2.75, 3.05) is 38.2 Å². The van der Waals surface area contributed by atoms with Gasteiger partial charge in [0.15, 0.2) is 0 Å². The molecule has 3 atom stereocenters. The summed E-state index contributed by atoms with van der Waals surface area (Å²) in [7, 11) is 1.41. The van der Waals surface area contributed by atoms with Gasteiger partial charge in [0.1, 0.15) is 5.82 Å². The van der Waals surface area contributed by atoms with Crippen LogP contribution in [0.5, 0.6) is 0 Å². The predicted molar refractivity (Wildman–Crippen MR) is 82.6 cm³/mol. The van der Waals surface area contributed by atoms with Crippen LogP contribution in [-0.4, -0.2) is 66.4 Å². The van der Waals surface area contributed by atoms with Gasteiger partial charge in [0, 0.05) is 38.4 Å². The number of ether oxygens (including phenoxy) is 1. The molecule has 2 heterocycles. The normalized spacial score (nSPS) is 29.5. The number of aliphatic hydroxyl groups is 1. The Morgan fingerprint density at radius 1 is 1.27 bits per heavy atom. The molecule has 1 saturated heterocycles. The summed E-state index contributed by atoms with van der Waals surface area (Å²) in [6.45, 7) is 3.55. The first-order valence-electron chi connectivity index (χ1n) is 7.85. The molecular formula is C16H23N3O3. The molecule has 0 spiro atoms. The average Bonchev–Trinajstić information content (AvgIpc) is 2.97. The smallest absolute Gasteiger partial charge is 0.308 e. The minimum Gasteiger partial charge on any atom is -0.469 e. The van der Waals surface area contributed by atoms with Gasteiger partial charge in [-0.1, -0.05) is 6.07 Å². The van der Waals surface area contributed by atoms with Crippen LogP contribution in [0.25, 0.3) is 0 Å². The van der Waals surface area contributed by atoms with Crippen molar-refractivity contribution in [3.05, 3.63) is 24.4 Å².